The normalized spacial score (nSPS) is 13.4. The maximum atomic E-state index is 12.1. The fraction of sp³-hybridized carbons (Fsp3) is 0.294. The van der Waals surface area contributed by atoms with Crippen molar-refractivity contribution in [2.75, 3.05) is 0 Å². The van der Waals surface area contributed by atoms with Crippen molar-refractivity contribution in [3.8, 4) is 0 Å². The van der Waals surface area contributed by atoms with Gasteiger partial charge >= 0.3 is 0 Å². The van der Waals surface area contributed by atoms with Crippen LogP contribution in [0.15, 0.2) is 54.9 Å². The highest BCUT2D eigenvalue weighted by Gasteiger charge is 2.16. The predicted molar refractivity (Wildman–Crippen MR) is 83.5 cm³/mol. The second-order valence-electron chi connectivity index (χ2n) is 5.14. The van der Waals surface area contributed by atoms with Gasteiger partial charge in [0.2, 0.25) is 5.91 Å². The Morgan fingerprint density at radius 2 is 1.86 bits per heavy atom. The minimum absolute atomic E-state index is 0.0664. The summed E-state index contributed by atoms with van der Waals surface area (Å²) in [6.45, 7) is 1.94. The summed E-state index contributed by atoms with van der Waals surface area (Å²) in [4.78, 5) is 16.1. The van der Waals surface area contributed by atoms with E-state index in [1.807, 2.05) is 49.4 Å². The fourth-order valence-corrected chi connectivity index (χ4v) is 2.15. The van der Waals surface area contributed by atoms with Gasteiger partial charge in [0.1, 0.15) is 0 Å². The van der Waals surface area contributed by atoms with Crippen molar-refractivity contribution in [1.29, 1.82) is 0 Å². The van der Waals surface area contributed by atoms with Crippen LogP contribution in [0.1, 0.15) is 30.5 Å². The summed E-state index contributed by atoms with van der Waals surface area (Å²) in [5.74, 6) is -0.116. The van der Waals surface area contributed by atoms with Crippen LogP contribution in [0.3, 0.4) is 0 Å². The Balaban J connectivity index is 1.82. The Morgan fingerprint density at radius 1 is 1.19 bits per heavy atom. The fourth-order valence-electron chi connectivity index (χ4n) is 2.15. The molecule has 1 amide bonds. The van der Waals surface area contributed by atoms with Crippen LogP contribution in [-0.2, 0) is 11.2 Å². The monoisotopic (exact) mass is 283 g/mol. The summed E-state index contributed by atoms with van der Waals surface area (Å²) in [6, 6.07) is 13.3. The highest BCUT2D eigenvalue weighted by atomic mass is 16.2. The lowest BCUT2D eigenvalue weighted by molar-refractivity contribution is -0.123. The van der Waals surface area contributed by atoms with Gasteiger partial charge in [-0.25, -0.2) is 0 Å². The van der Waals surface area contributed by atoms with Gasteiger partial charge in [-0.1, -0.05) is 30.3 Å². The summed E-state index contributed by atoms with van der Waals surface area (Å²) < 4.78 is 0. The molecule has 0 saturated heterocycles. The van der Waals surface area contributed by atoms with E-state index < -0.39 is 6.04 Å². The lowest BCUT2D eigenvalue weighted by atomic mass is 10.0. The van der Waals surface area contributed by atoms with E-state index in [1.54, 1.807) is 12.4 Å². The van der Waals surface area contributed by atoms with Gasteiger partial charge in [-0.05, 0) is 43.0 Å². The minimum Gasteiger partial charge on any atom is -0.348 e. The molecular formula is C17H21N3O. The average molecular weight is 283 g/mol. The zero-order chi connectivity index (χ0) is 15.1. The molecule has 1 heterocycles. The standard InChI is InChI=1S/C17H21N3O/c1-13(15-9-11-19-12-10-15)20-17(21)16(18)8-7-14-5-3-2-4-6-14/h2-6,9-13,16H,7-8,18H2,1H3,(H,20,21)/t13-,16?/m1/s1. The Kier molecular flexibility index (Phi) is 5.46. The summed E-state index contributed by atoms with van der Waals surface area (Å²) >= 11 is 0. The smallest absolute Gasteiger partial charge is 0.237 e. The number of aromatic nitrogens is 1. The number of nitrogens with one attached hydrogen (secondary N) is 1. The molecule has 0 aliphatic carbocycles. The van der Waals surface area contributed by atoms with Crippen molar-refractivity contribution in [3.63, 3.8) is 0 Å². The number of amides is 1. The molecule has 0 spiro atoms. The quantitative estimate of drug-likeness (QED) is 0.854. The van der Waals surface area contributed by atoms with Gasteiger partial charge in [0, 0.05) is 12.4 Å². The number of nitrogens with zero attached hydrogens (tertiary/aromatic N) is 1. The van der Waals surface area contributed by atoms with Gasteiger partial charge < -0.3 is 11.1 Å². The Hall–Kier alpha value is -2.20. The predicted octanol–water partition coefficient (Wildman–Crippen LogP) is 2.22. The zero-order valence-corrected chi connectivity index (χ0v) is 12.2. The minimum atomic E-state index is -0.491. The van der Waals surface area contributed by atoms with Crippen LogP contribution in [-0.4, -0.2) is 16.9 Å². The molecule has 1 unspecified atom stereocenters. The summed E-state index contributed by atoms with van der Waals surface area (Å²) in [6.07, 6.45) is 4.87. The van der Waals surface area contributed by atoms with E-state index >= 15 is 0 Å². The molecule has 0 saturated carbocycles. The molecule has 2 rings (SSSR count). The second kappa shape index (κ2) is 7.55. The maximum absolute atomic E-state index is 12.1. The number of hydrogen-bond donors (Lipinski definition) is 2. The lowest BCUT2D eigenvalue weighted by Gasteiger charge is -2.17. The highest BCUT2D eigenvalue weighted by molar-refractivity contribution is 5.81. The first kappa shape index (κ1) is 15.2. The molecule has 2 atom stereocenters. The number of pyridine rings is 1. The number of aryl methyl sites for hydroxylation is 1. The molecule has 1 aromatic carbocycles. The number of carbonyl (C=O) groups excluding carboxylic acids is 1. The molecule has 3 N–H and O–H groups in total. The van der Waals surface area contributed by atoms with Crippen LogP contribution in [0.2, 0.25) is 0 Å². The summed E-state index contributed by atoms with van der Waals surface area (Å²) in [5, 5.41) is 2.94. The van der Waals surface area contributed by atoms with Crippen molar-refractivity contribution in [3.05, 3.63) is 66.0 Å². The summed E-state index contributed by atoms with van der Waals surface area (Å²) in [5.41, 5.74) is 8.19. The zero-order valence-electron chi connectivity index (χ0n) is 12.2. The van der Waals surface area contributed by atoms with Gasteiger partial charge in [-0.15, -0.1) is 0 Å². The van der Waals surface area contributed by atoms with E-state index in [9.17, 15) is 4.79 Å². The van der Waals surface area contributed by atoms with Crippen molar-refractivity contribution < 1.29 is 4.79 Å². The molecule has 0 fully saturated rings. The second-order valence-corrected chi connectivity index (χ2v) is 5.14. The van der Waals surface area contributed by atoms with Crippen LogP contribution in [0.5, 0.6) is 0 Å². The topological polar surface area (TPSA) is 68.0 Å². The third kappa shape index (κ3) is 4.68. The number of nitrogens with two attached hydrogens (primary N) is 1. The summed E-state index contributed by atoms with van der Waals surface area (Å²) in [7, 11) is 0. The van der Waals surface area contributed by atoms with E-state index in [1.165, 1.54) is 5.56 Å². The SMILES string of the molecule is C[C@@H](NC(=O)C(N)CCc1ccccc1)c1ccncc1. The Bertz CT molecular complexity index is 557. The number of benzene rings is 1. The van der Waals surface area contributed by atoms with Crippen molar-refractivity contribution in [2.45, 2.75) is 31.8 Å². The highest BCUT2D eigenvalue weighted by Crippen LogP contribution is 2.11. The Morgan fingerprint density at radius 3 is 2.52 bits per heavy atom. The molecule has 2 aromatic rings. The lowest BCUT2D eigenvalue weighted by Crippen LogP contribution is -2.41. The van der Waals surface area contributed by atoms with Gasteiger partial charge in [-0.3, -0.25) is 9.78 Å². The molecular weight excluding hydrogens is 262 g/mol. The third-order valence-electron chi connectivity index (χ3n) is 3.49. The van der Waals surface area contributed by atoms with Crippen LogP contribution in [0.25, 0.3) is 0 Å². The van der Waals surface area contributed by atoms with E-state index in [0.717, 1.165) is 12.0 Å². The Labute approximate surface area is 125 Å². The molecule has 4 heteroatoms. The van der Waals surface area contributed by atoms with E-state index in [0.29, 0.717) is 6.42 Å². The van der Waals surface area contributed by atoms with Crippen LogP contribution in [0.4, 0.5) is 0 Å². The molecule has 21 heavy (non-hydrogen) atoms. The molecule has 0 radical (unpaired) electrons. The van der Waals surface area contributed by atoms with E-state index in [-0.39, 0.29) is 11.9 Å². The van der Waals surface area contributed by atoms with Gasteiger partial charge in [0.15, 0.2) is 0 Å². The molecule has 0 bridgehead atoms. The van der Waals surface area contributed by atoms with Crippen LogP contribution < -0.4 is 11.1 Å². The van der Waals surface area contributed by atoms with E-state index in [2.05, 4.69) is 10.3 Å². The first-order chi connectivity index (χ1) is 10.2. The van der Waals surface area contributed by atoms with Gasteiger partial charge in [0.25, 0.3) is 0 Å². The third-order valence-corrected chi connectivity index (χ3v) is 3.49. The van der Waals surface area contributed by atoms with Crippen molar-refractivity contribution in [1.82, 2.24) is 10.3 Å². The van der Waals surface area contributed by atoms with Crippen molar-refractivity contribution in [2.24, 2.45) is 5.73 Å². The molecule has 0 aliphatic heterocycles. The van der Waals surface area contributed by atoms with Crippen molar-refractivity contribution >= 4 is 5.91 Å². The number of rotatable bonds is 6. The van der Waals surface area contributed by atoms with Gasteiger partial charge in [-0.2, -0.15) is 0 Å². The number of carbonyl (C=O) groups is 1. The van der Waals surface area contributed by atoms with E-state index in [4.69, 9.17) is 5.73 Å². The largest absolute Gasteiger partial charge is 0.348 e. The number of hydrogen-bond acceptors (Lipinski definition) is 3. The van der Waals surface area contributed by atoms with Crippen LogP contribution >= 0.6 is 0 Å². The van der Waals surface area contributed by atoms with Gasteiger partial charge in [0.05, 0.1) is 12.1 Å². The maximum Gasteiger partial charge on any atom is 0.237 e. The average Bonchev–Trinajstić information content (AvgIpc) is 2.54. The molecule has 1 aromatic heterocycles. The first-order valence-corrected chi connectivity index (χ1v) is 7.16. The van der Waals surface area contributed by atoms with Crippen LogP contribution in [0, 0.1) is 0 Å². The first-order valence-electron chi connectivity index (χ1n) is 7.16. The molecule has 4 nitrogen and oxygen atoms in total. The molecule has 0 aliphatic rings. The molecule has 110 valence electrons.